The van der Waals surface area contributed by atoms with E-state index in [2.05, 4.69) is 11.7 Å². The van der Waals surface area contributed by atoms with E-state index in [4.69, 9.17) is 4.74 Å². The molecule has 3 aromatic rings. The van der Waals surface area contributed by atoms with Crippen LogP contribution in [0.2, 0.25) is 0 Å². The van der Waals surface area contributed by atoms with Crippen molar-refractivity contribution in [1.29, 1.82) is 0 Å². The number of benzene rings is 2. The lowest BCUT2D eigenvalue weighted by molar-refractivity contribution is 0.415. The molecule has 0 aliphatic rings. The quantitative estimate of drug-likeness (QED) is 0.722. The van der Waals surface area contributed by atoms with Crippen LogP contribution in [0, 0.1) is 0 Å². The number of hydrogen-bond acceptors (Lipinski definition) is 3. The molecule has 0 atom stereocenters. The van der Waals surface area contributed by atoms with Crippen LogP contribution in [-0.4, -0.2) is 16.9 Å². The summed E-state index contributed by atoms with van der Waals surface area (Å²) in [6, 6.07) is 18.8. The topological polar surface area (TPSA) is 44.1 Å². The third-order valence-electron chi connectivity index (χ3n) is 3.80. The summed E-state index contributed by atoms with van der Waals surface area (Å²) < 4.78 is 6.64. The fraction of sp³-hybridized carbons (Fsp3) is 0.100. The Hall–Kier alpha value is -3.14. The summed E-state index contributed by atoms with van der Waals surface area (Å²) in [6.45, 7) is 4.17. The Labute approximate surface area is 140 Å². The van der Waals surface area contributed by atoms with Crippen molar-refractivity contribution >= 4 is 6.08 Å². The summed E-state index contributed by atoms with van der Waals surface area (Å²) >= 11 is 0. The molecule has 0 saturated carbocycles. The molecule has 24 heavy (non-hydrogen) atoms. The number of hydrogen-bond donors (Lipinski definition) is 0. The van der Waals surface area contributed by atoms with Gasteiger partial charge in [0.05, 0.1) is 19.3 Å². The van der Waals surface area contributed by atoms with Gasteiger partial charge in [-0.2, -0.15) is 5.10 Å². The molecule has 0 amide bonds. The van der Waals surface area contributed by atoms with Crippen LogP contribution in [0.3, 0.4) is 0 Å². The van der Waals surface area contributed by atoms with Crippen LogP contribution in [0.1, 0.15) is 11.1 Å². The van der Waals surface area contributed by atoms with Crippen molar-refractivity contribution in [3.05, 3.63) is 88.7 Å². The summed E-state index contributed by atoms with van der Waals surface area (Å²) in [5.41, 5.74) is 3.62. The molecule has 0 unspecified atom stereocenters. The number of nitrogens with zero attached hydrogens (tertiary/aromatic N) is 2. The Morgan fingerprint density at radius 1 is 1.04 bits per heavy atom. The van der Waals surface area contributed by atoms with Crippen molar-refractivity contribution in [2.24, 2.45) is 0 Å². The second-order valence-electron chi connectivity index (χ2n) is 5.39. The van der Waals surface area contributed by atoms with Gasteiger partial charge in [0.1, 0.15) is 5.75 Å². The first-order valence-electron chi connectivity index (χ1n) is 7.63. The van der Waals surface area contributed by atoms with Gasteiger partial charge < -0.3 is 4.74 Å². The van der Waals surface area contributed by atoms with Gasteiger partial charge in [-0.25, -0.2) is 4.68 Å². The molecule has 1 heterocycles. The third kappa shape index (κ3) is 3.43. The van der Waals surface area contributed by atoms with Crippen LogP contribution in [0.25, 0.3) is 17.3 Å². The second kappa shape index (κ2) is 6.96. The zero-order valence-corrected chi connectivity index (χ0v) is 13.5. The molecule has 4 nitrogen and oxygen atoms in total. The largest absolute Gasteiger partial charge is 0.497 e. The van der Waals surface area contributed by atoms with Gasteiger partial charge in [-0.3, -0.25) is 4.79 Å². The first kappa shape index (κ1) is 15.7. The summed E-state index contributed by atoms with van der Waals surface area (Å²) in [4.78, 5) is 12.1. The molecule has 4 heteroatoms. The lowest BCUT2D eigenvalue weighted by Crippen LogP contribution is -2.22. The molecule has 2 aromatic carbocycles. The van der Waals surface area contributed by atoms with Crippen LogP contribution in [0.5, 0.6) is 5.75 Å². The number of methoxy groups -OCH3 is 1. The predicted octanol–water partition coefficient (Wildman–Crippen LogP) is 3.61. The van der Waals surface area contributed by atoms with Gasteiger partial charge in [0, 0.05) is 11.6 Å². The van der Waals surface area contributed by atoms with Crippen LogP contribution in [0.4, 0.5) is 0 Å². The lowest BCUT2D eigenvalue weighted by Gasteiger charge is -2.08. The van der Waals surface area contributed by atoms with E-state index in [0.717, 1.165) is 28.1 Å². The molecular weight excluding hydrogens is 300 g/mol. The molecule has 0 saturated heterocycles. The van der Waals surface area contributed by atoms with E-state index in [1.54, 1.807) is 25.3 Å². The average molecular weight is 318 g/mol. The van der Waals surface area contributed by atoms with Gasteiger partial charge in [0.2, 0.25) is 0 Å². The highest BCUT2D eigenvalue weighted by atomic mass is 16.5. The first-order chi connectivity index (χ1) is 11.7. The minimum absolute atomic E-state index is 0.125. The standard InChI is InChI=1S/C20H18N2O2/c1-3-15-4-6-16(7-5-15)14-22-20(23)13-12-19(21-22)17-8-10-18(24-2)11-9-17/h3-13H,1,14H2,2H3. The molecule has 0 fully saturated rings. The highest BCUT2D eigenvalue weighted by Gasteiger charge is 2.05. The zero-order chi connectivity index (χ0) is 16.9. The zero-order valence-electron chi connectivity index (χ0n) is 13.5. The van der Waals surface area contributed by atoms with E-state index in [1.807, 2.05) is 48.5 Å². The fourth-order valence-corrected chi connectivity index (χ4v) is 2.41. The van der Waals surface area contributed by atoms with Crippen LogP contribution in [-0.2, 0) is 6.54 Å². The summed E-state index contributed by atoms with van der Waals surface area (Å²) in [7, 11) is 1.63. The summed E-state index contributed by atoms with van der Waals surface area (Å²) in [5, 5.41) is 4.48. The normalized spacial score (nSPS) is 10.4. The molecule has 120 valence electrons. The lowest BCUT2D eigenvalue weighted by atomic mass is 10.1. The van der Waals surface area contributed by atoms with Gasteiger partial charge >= 0.3 is 0 Å². The van der Waals surface area contributed by atoms with E-state index in [-0.39, 0.29) is 5.56 Å². The minimum Gasteiger partial charge on any atom is -0.497 e. The van der Waals surface area contributed by atoms with Crippen LogP contribution in [0.15, 0.2) is 72.0 Å². The molecule has 0 spiro atoms. The number of rotatable bonds is 5. The predicted molar refractivity (Wildman–Crippen MR) is 96.1 cm³/mol. The first-order valence-corrected chi connectivity index (χ1v) is 7.63. The van der Waals surface area contributed by atoms with Crippen molar-refractivity contribution in [1.82, 2.24) is 9.78 Å². The highest BCUT2D eigenvalue weighted by Crippen LogP contribution is 2.19. The summed E-state index contributed by atoms with van der Waals surface area (Å²) in [6.07, 6.45) is 1.79. The van der Waals surface area contributed by atoms with Gasteiger partial charge in [-0.1, -0.05) is 36.9 Å². The number of aromatic nitrogens is 2. The van der Waals surface area contributed by atoms with Crippen molar-refractivity contribution in [2.75, 3.05) is 7.11 Å². The summed E-state index contributed by atoms with van der Waals surface area (Å²) in [5.74, 6) is 0.786. The molecule has 0 bridgehead atoms. The molecular formula is C20H18N2O2. The maximum Gasteiger partial charge on any atom is 0.267 e. The highest BCUT2D eigenvalue weighted by molar-refractivity contribution is 5.59. The van der Waals surface area contributed by atoms with E-state index >= 15 is 0 Å². The Morgan fingerprint density at radius 3 is 2.38 bits per heavy atom. The Morgan fingerprint density at radius 2 is 1.75 bits per heavy atom. The van der Waals surface area contributed by atoms with Crippen LogP contribution < -0.4 is 10.3 Å². The molecule has 0 radical (unpaired) electrons. The molecule has 0 aliphatic heterocycles. The van der Waals surface area contributed by atoms with Crippen molar-refractivity contribution in [2.45, 2.75) is 6.54 Å². The Bertz CT molecular complexity index is 894. The van der Waals surface area contributed by atoms with Crippen molar-refractivity contribution in [3.63, 3.8) is 0 Å². The third-order valence-corrected chi connectivity index (χ3v) is 3.80. The van der Waals surface area contributed by atoms with E-state index in [9.17, 15) is 4.79 Å². The molecule has 0 N–H and O–H groups in total. The minimum atomic E-state index is -0.125. The van der Waals surface area contributed by atoms with Gasteiger partial charge in [-0.15, -0.1) is 0 Å². The van der Waals surface area contributed by atoms with E-state index in [1.165, 1.54) is 4.68 Å². The van der Waals surface area contributed by atoms with E-state index in [0.29, 0.717) is 6.54 Å². The van der Waals surface area contributed by atoms with Gasteiger partial charge in [0.25, 0.3) is 5.56 Å². The SMILES string of the molecule is C=Cc1ccc(Cn2nc(-c3ccc(OC)cc3)ccc2=O)cc1. The maximum atomic E-state index is 12.1. The van der Waals surface area contributed by atoms with Crippen LogP contribution >= 0.6 is 0 Å². The molecule has 3 rings (SSSR count). The fourth-order valence-electron chi connectivity index (χ4n) is 2.41. The Balaban J connectivity index is 1.90. The second-order valence-corrected chi connectivity index (χ2v) is 5.39. The Kier molecular flexibility index (Phi) is 4.57. The van der Waals surface area contributed by atoms with Gasteiger partial charge in [0.15, 0.2) is 0 Å². The monoisotopic (exact) mass is 318 g/mol. The average Bonchev–Trinajstić information content (AvgIpc) is 2.64. The van der Waals surface area contributed by atoms with Crippen molar-refractivity contribution < 1.29 is 4.74 Å². The van der Waals surface area contributed by atoms with E-state index < -0.39 is 0 Å². The number of ether oxygens (including phenoxy) is 1. The molecule has 1 aromatic heterocycles. The smallest absolute Gasteiger partial charge is 0.267 e. The van der Waals surface area contributed by atoms with Crippen molar-refractivity contribution in [3.8, 4) is 17.0 Å². The maximum absolute atomic E-state index is 12.1. The van der Waals surface area contributed by atoms with Gasteiger partial charge in [-0.05, 0) is 41.5 Å². The molecule has 0 aliphatic carbocycles.